The van der Waals surface area contributed by atoms with Crippen LogP contribution in [0.1, 0.15) is 239 Å². The van der Waals surface area contributed by atoms with Gasteiger partial charge in [0.05, 0.1) is 18.8 Å². The molecule has 0 aromatic heterocycles. The molecule has 0 aliphatic carbocycles. The molecule has 0 aliphatic rings. The van der Waals surface area contributed by atoms with Crippen LogP contribution >= 0.6 is 0 Å². The Kier molecular flexibility index (Phi) is 37.3. The van der Waals surface area contributed by atoms with Gasteiger partial charge in [0.15, 0.2) is 0 Å². The zero-order valence-electron chi connectivity index (χ0n) is 30.9. The van der Waals surface area contributed by atoms with Gasteiger partial charge < -0.3 is 15.5 Å². The zero-order chi connectivity index (χ0) is 32.9. The molecule has 0 radical (unpaired) electrons. The summed E-state index contributed by atoms with van der Waals surface area (Å²) in [7, 11) is 0. The molecule has 0 saturated heterocycles. The molecule has 0 saturated carbocycles. The number of aliphatic hydroxyl groups excluding tert-OH is 2. The van der Waals surface area contributed by atoms with E-state index in [-0.39, 0.29) is 12.5 Å². The molecule has 0 rings (SSSR count). The lowest BCUT2D eigenvalue weighted by molar-refractivity contribution is -0.123. The van der Waals surface area contributed by atoms with Gasteiger partial charge in [0.2, 0.25) is 5.91 Å². The van der Waals surface area contributed by atoms with Crippen molar-refractivity contribution in [2.75, 3.05) is 6.61 Å². The maximum atomic E-state index is 12.4. The lowest BCUT2D eigenvalue weighted by Crippen LogP contribution is -2.45. The van der Waals surface area contributed by atoms with Gasteiger partial charge in [0, 0.05) is 6.42 Å². The average molecular weight is 638 g/mol. The van der Waals surface area contributed by atoms with E-state index in [1.807, 2.05) is 0 Å². The number of aliphatic hydroxyl groups is 2. The van der Waals surface area contributed by atoms with Crippen molar-refractivity contribution in [3.8, 4) is 0 Å². The minimum atomic E-state index is -0.652. The van der Waals surface area contributed by atoms with E-state index in [1.165, 1.54) is 186 Å². The van der Waals surface area contributed by atoms with Crippen LogP contribution in [0.2, 0.25) is 0 Å². The van der Waals surface area contributed by atoms with Crippen molar-refractivity contribution in [3.63, 3.8) is 0 Å². The van der Waals surface area contributed by atoms with Crippen molar-refractivity contribution in [1.82, 2.24) is 5.32 Å². The highest BCUT2D eigenvalue weighted by atomic mass is 16.3. The number of carbonyl (C=O) groups excluding carboxylic acids is 1. The first-order valence-corrected chi connectivity index (χ1v) is 20.7. The number of unbranched alkanes of at least 4 members (excludes halogenated alkanes) is 31. The van der Waals surface area contributed by atoms with Crippen molar-refractivity contribution >= 4 is 5.91 Å². The summed E-state index contributed by atoms with van der Waals surface area (Å²) in [6, 6.07) is -0.528. The quantitative estimate of drug-likeness (QED) is 0.0590. The van der Waals surface area contributed by atoms with Crippen molar-refractivity contribution in [2.24, 2.45) is 0 Å². The lowest BCUT2D eigenvalue weighted by Gasteiger charge is -2.22. The highest BCUT2D eigenvalue weighted by Gasteiger charge is 2.20. The van der Waals surface area contributed by atoms with E-state index in [0.717, 1.165) is 25.7 Å². The molecule has 0 heterocycles. The van der Waals surface area contributed by atoms with Crippen molar-refractivity contribution < 1.29 is 15.0 Å². The highest BCUT2D eigenvalue weighted by molar-refractivity contribution is 5.76. The topological polar surface area (TPSA) is 69.6 Å². The normalized spacial score (nSPS) is 12.9. The van der Waals surface area contributed by atoms with Crippen LogP contribution in [0.4, 0.5) is 0 Å². The van der Waals surface area contributed by atoms with Crippen LogP contribution < -0.4 is 5.32 Å². The molecule has 0 unspecified atom stereocenters. The van der Waals surface area contributed by atoms with Gasteiger partial charge in [-0.25, -0.2) is 0 Å². The Morgan fingerprint density at radius 1 is 0.444 bits per heavy atom. The Morgan fingerprint density at radius 2 is 0.711 bits per heavy atom. The van der Waals surface area contributed by atoms with Crippen LogP contribution in [-0.2, 0) is 4.79 Å². The summed E-state index contributed by atoms with van der Waals surface area (Å²) >= 11 is 0. The fourth-order valence-corrected chi connectivity index (χ4v) is 6.66. The van der Waals surface area contributed by atoms with Gasteiger partial charge in [-0.2, -0.15) is 0 Å². The molecule has 3 N–H and O–H groups in total. The molecule has 1 amide bonds. The Balaban J connectivity index is 3.49. The largest absolute Gasteiger partial charge is 0.394 e. The molecule has 0 fully saturated rings. The van der Waals surface area contributed by atoms with Crippen molar-refractivity contribution in [3.05, 3.63) is 0 Å². The predicted molar refractivity (Wildman–Crippen MR) is 198 cm³/mol. The highest BCUT2D eigenvalue weighted by Crippen LogP contribution is 2.16. The number of hydrogen-bond donors (Lipinski definition) is 3. The van der Waals surface area contributed by atoms with Crippen LogP contribution in [0.5, 0.6) is 0 Å². The Bertz CT molecular complexity index is 569. The standard InChI is InChI=1S/C41H83NO3/c1-3-5-7-9-11-13-15-17-19-21-22-24-26-28-30-32-34-36-40(44)39(38-43)42-41(45)37-35-33-31-29-27-25-23-20-18-16-14-12-10-8-6-4-2/h39-40,43-44H,3-38H2,1-2H3,(H,42,45)/t39-,40+/m0/s1. The third-order valence-electron chi connectivity index (χ3n) is 9.87. The van der Waals surface area contributed by atoms with Gasteiger partial charge in [-0.15, -0.1) is 0 Å². The SMILES string of the molecule is CCCCCCCCCCCCCCCCCCC[C@@H](O)[C@H](CO)NC(=O)CCCCCCCCCCCCCCCCCC. The molecule has 0 spiro atoms. The summed E-state index contributed by atoms with van der Waals surface area (Å²) in [4.78, 5) is 12.4. The second-order valence-electron chi connectivity index (χ2n) is 14.4. The summed E-state index contributed by atoms with van der Waals surface area (Å²) in [6.07, 6.45) is 44.5. The van der Waals surface area contributed by atoms with E-state index in [4.69, 9.17) is 0 Å². The predicted octanol–water partition coefficient (Wildman–Crippen LogP) is 12.5. The third-order valence-corrected chi connectivity index (χ3v) is 9.87. The van der Waals surface area contributed by atoms with E-state index < -0.39 is 12.1 Å². The fraction of sp³-hybridized carbons (Fsp3) is 0.976. The molecular formula is C41H83NO3. The Hall–Kier alpha value is -0.610. The molecule has 45 heavy (non-hydrogen) atoms. The third kappa shape index (κ3) is 34.5. The monoisotopic (exact) mass is 638 g/mol. The number of nitrogens with one attached hydrogen (secondary N) is 1. The summed E-state index contributed by atoms with van der Waals surface area (Å²) in [5.74, 6) is -0.0270. The summed E-state index contributed by atoms with van der Waals surface area (Å²) in [5, 5.41) is 23.1. The molecule has 4 nitrogen and oxygen atoms in total. The molecule has 0 bridgehead atoms. The van der Waals surface area contributed by atoms with Crippen LogP contribution in [-0.4, -0.2) is 34.9 Å². The second-order valence-corrected chi connectivity index (χ2v) is 14.4. The molecule has 2 atom stereocenters. The number of hydrogen-bond acceptors (Lipinski definition) is 3. The molecule has 0 aliphatic heterocycles. The Labute approximate surface area is 283 Å². The second kappa shape index (κ2) is 37.8. The molecule has 270 valence electrons. The maximum Gasteiger partial charge on any atom is 0.220 e. The van der Waals surface area contributed by atoms with Crippen LogP contribution in [0, 0.1) is 0 Å². The fourth-order valence-electron chi connectivity index (χ4n) is 6.66. The minimum absolute atomic E-state index is 0.0270. The smallest absolute Gasteiger partial charge is 0.220 e. The van der Waals surface area contributed by atoms with Crippen LogP contribution in [0.3, 0.4) is 0 Å². The first kappa shape index (κ1) is 44.4. The molecular weight excluding hydrogens is 554 g/mol. The van der Waals surface area contributed by atoms with Gasteiger partial charge in [-0.3, -0.25) is 4.79 Å². The summed E-state index contributed by atoms with van der Waals surface area (Å²) in [6.45, 7) is 4.38. The number of carbonyl (C=O) groups is 1. The molecule has 4 heteroatoms. The van der Waals surface area contributed by atoms with Gasteiger partial charge in [0.25, 0.3) is 0 Å². The van der Waals surface area contributed by atoms with Crippen LogP contribution in [0.15, 0.2) is 0 Å². The number of amides is 1. The van der Waals surface area contributed by atoms with Gasteiger partial charge in [-0.1, -0.05) is 219 Å². The van der Waals surface area contributed by atoms with Gasteiger partial charge >= 0.3 is 0 Å². The van der Waals surface area contributed by atoms with E-state index in [0.29, 0.717) is 12.8 Å². The summed E-state index contributed by atoms with van der Waals surface area (Å²) < 4.78 is 0. The van der Waals surface area contributed by atoms with E-state index in [9.17, 15) is 15.0 Å². The first-order chi connectivity index (χ1) is 22.2. The van der Waals surface area contributed by atoms with Crippen LogP contribution in [0.25, 0.3) is 0 Å². The maximum absolute atomic E-state index is 12.4. The average Bonchev–Trinajstić information content (AvgIpc) is 3.04. The molecule has 0 aromatic rings. The van der Waals surface area contributed by atoms with Gasteiger partial charge in [0.1, 0.15) is 0 Å². The van der Waals surface area contributed by atoms with Gasteiger partial charge in [-0.05, 0) is 12.8 Å². The minimum Gasteiger partial charge on any atom is -0.394 e. The van der Waals surface area contributed by atoms with E-state index >= 15 is 0 Å². The summed E-state index contributed by atoms with van der Waals surface area (Å²) in [5.41, 5.74) is 0. The molecule has 0 aromatic carbocycles. The van der Waals surface area contributed by atoms with Crippen molar-refractivity contribution in [1.29, 1.82) is 0 Å². The lowest BCUT2D eigenvalue weighted by atomic mass is 10.0. The van der Waals surface area contributed by atoms with E-state index in [2.05, 4.69) is 19.2 Å². The number of rotatable bonds is 38. The van der Waals surface area contributed by atoms with Crippen molar-refractivity contribution in [2.45, 2.75) is 251 Å². The first-order valence-electron chi connectivity index (χ1n) is 20.7. The van der Waals surface area contributed by atoms with E-state index in [1.54, 1.807) is 0 Å². The zero-order valence-corrected chi connectivity index (χ0v) is 30.9. The Morgan fingerprint density at radius 3 is 1.00 bits per heavy atom.